The molecule has 0 radical (unpaired) electrons. The Morgan fingerprint density at radius 2 is 2.35 bits per heavy atom. The third-order valence-corrected chi connectivity index (χ3v) is 5.09. The molecule has 1 heterocycles. The van der Waals surface area contributed by atoms with Gasteiger partial charge >= 0.3 is 5.97 Å². The van der Waals surface area contributed by atoms with Crippen molar-refractivity contribution in [3.05, 3.63) is 5.82 Å². The van der Waals surface area contributed by atoms with Crippen LogP contribution in [0.25, 0.3) is 0 Å². The molecule has 1 fully saturated rings. The van der Waals surface area contributed by atoms with Crippen LogP contribution in [0.1, 0.15) is 38.9 Å². The van der Waals surface area contributed by atoms with Gasteiger partial charge in [-0.1, -0.05) is 11.8 Å². The van der Waals surface area contributed by atoms with E-state index in [-0.39, 0.29) is 5.97 Å². The average molecular weight is 315 g/mol. The highest BCUT2D eigenvalue weighted by Gasteiger charge is 2.39. The Bertz CT molecular complexity index is 462. The van der Waals surface area contributed by atoms with Crippen molar-refractivity contribution in [2.24, 2.45) is 0 Å². The highest BCUT2D eigenvalue weighted by atomic mass is 32.2. The van der Waals surface area contributed by atoms with Crippen LogP contribution < -0.4 is 5.32 Å². The van der Waals surface area contributed by atoms with Crippen molar-refractivity contribution in [2.45, 2.75) is 56.0 Å². The van der Waals surface area contributed by atoms with E-state index in [0.29, 0.717) is 12.6 Å². The fraction of sp³-hybridized carbons (Fsp3) is 0.769. The molecule has 1 aliphatic carbocycles. The van der Waals surface area contributed by atoms with Gasteiger partial charge in [0.15, 0.2) is 4.34 Å². The minimum atomic E-state index is -0.593. The number of ether oxygens (including phenoxy) is 1. The third kappa shape index (κ3) is 4.43. The van der Waals surface area contributed by atoms with Crippen LogP contribution in [0.5, 0.6) is 0 Å². The van der Waals surface area contributed by atoms with E-state index in [4.69, 9.17) is 4.74 Å². The molecule has 112 valence electrons. The van der Waals surface area contributed by atoms with Crippen LogP contribution in [0.2, 0.25) is 0 Å². The maximum Gasteiger partial charge on any atom is 0.326 e. The Kier molecular flexibility index (Phi) is 5.40. The summed E-state index contributed by atoms with van der Waals surface area (Å²) >= 11 is 3.06. The van der Waals surface area contributed by atoms with E-state index < -0.39 is 5.54 Å². The predicted molar refractivity (Wildman–Crippen MR) is 81.2 cm³/mol. The number of carbonyl (C=O) groups excluding carboxylic acids is 1. The largest absolute Gasteiger partial charge is 0.465 e. The zero-order valence-corrected chi connectivity index (χ0v) is 13.8. The number of hydrogen-bond donors (Lipinski definition) is 1. The van der Waals surface area contributed by atoms with E-state index in [1.165, 1.54) is 11.5 Å². The van der Waals surface area contributed by atoms with E-state index in [9.17, 15) is 4.79 Å². The molecule has 2 rings (SSSR count). The fourth-order valence-corrected chi connectivity index (χ4v) is 3.76. The van der Waals surface area contributed by atoms with Crippen molar-refractivity contribution in [1.29, 1.82) is 0 Å². The maximum atomic E-state index is 12.2. The molecule has 0 aliphatic heterocycles. The van der Waals surface area contributed by atoms with Crippen molar-refractivity contribution in [3.63, 3.8) is 0 Å². The van der Waals surface area contributed by atoms with Crippen molar-refractivity contribution in [1.82, 2.24) is 14.7 Å². The molecule has 1 aromatic heterocycles. The van der Waals surface area contributed by atoms with Gasteiger partial charge in [0.2, 0.25) is 0 Å². The van der Waals surface area contributed by atoms with E-state index in [2.05, 4.69) is 14.7 Å². The lowest BCUT2D eigenvalue weighted by atomic mass is 9.99. The summed E-state index contributed by atoms with van der Waals surface area (Å²) < 4.78 is 10.3. The van der Waals surface area contributed by atoms with Gasteiger partial charge < -0.3 is 4.74 Å². The first kappa shape index (κ1) is 15.7. The van der Waals surface area contributed by atoms with Gasteiger partial charge in [-0.05, 0) is 51.6 Å². The molecule has 1 aliphatic rings. The van der Waals surface area contributed by atoms with Gasteiger partial charge in [-0.25, -0.2) is 4.98 Å². The summed E-state index contributed by atoms with van der Waals surface area (Å²) in [7, 11) is 0. The second kappa shape index (κ2) is 6.87. The summed E-state index contributed by atoms with van der Waals surface area (Å²) in [6.45, 7) is 6.09. The van der Waals surface area contributed by atoms with Crippen molar-refractivity contribution >= 4 is 29.3 Å². The van der Waals surface area contributed by atoms with Crippen LogP contribution in [-0.4, -0.2) is 39.3 Å². The Labute approximate surface area is 128 Å². The molecule has 5 nitrogen and oxygen atoms in total. The highest BCUT2D eigenvalue weighted by molar-refractivity contribution is 8.00. The Balaban J connectivity index is 1.87. The van der Waals surface area contributed by atoms with Crippen LogP contribution in [0.3, 0.4) is 0 Å². The van der Waals surface area contributed by atoms with Gasteiger partial charge in [-0.15, -0.1) is 0 Å². The number of esters is 1. The minimum Gasteiger partial charge on any atom is -0.465 e. The highest BCUT2D eigenvalue weighted by Crippen LogP contribution is 2.28. The number of hydrogen-bond acceptors (Lipinski definition) is 7. The zero-order chi connectivity index (χ0) is 14.6. The van der Waals surface area contributed by atoms with Crippen LogP contribution in [0.15, 0.2) is 4.34 Å². The molecule has 0 aromatic carbocycles. The van der Waals surface area contributed by atoms with Gasteiger partial charge in [0.25, 0.3) is 0 Å². The third-order valence-electron chi connectivity index (χ3n) is 3.16. The van der Waals surface area contributed by atoms with Gasteiger partial charge in [0.05, 0.1) is 6.61 Å². The number of thioether (sulfide) groups is 1. The lowest BCUT2D eigenvalue weighted by Gasteiger charge is -2.28. The van der Waals surface area contributed by atoms with E-state index in [1.807, 2.05) is 20.8 Å². The van der Waals surface area contributed by atoms with Crippen LogP contribution in [0, 0.1) is 6.92 Å². The Morgan fingerprint density at radius 1 is 1.60 bits per heavy atom. The van der Waals surface area contributed by atoms with Crippen LogP contribution >= 0.6 is 23.3 Å². The van der Waals surface area contributed by atoms with Crippen molar-refractivity contribution in [3.8, 4) is 0 Å². The number of rotatable bonds is 8. The molecule has 1 unspecified atom stereocenters. The van der Waals surface area contributed by atoms with Gasteiger partial charge in [-0.3, -0.25) is 10.1 Å². The summed E-state index contributed by atoms with van der Waals surface area (Å²) in [4.78, 5) is 16.5. The summed E-state index contributed by atoms with van der Waals surface area (Å²) in [6, 6.07) is 0.471. The molecule has 1 saturated carbocycles. The molecule has 0 saturated heterocycles. The first-order chi connectivity index (χ1) is 9.53. The molecule has 0 amide bonds. The SMILES string of the molecule is CCOC(=O)C(C)(CCSc1nc(C)ns1)NC1CC1. The van der Waals surface area contributed by atoms with E-state index in [1.54, 1.807) is 11.8 Å². The van der Waals surface area contributed by atoms with E-state index in [0.717, 1.165) is 35.2 Å². The molecule has 7 heteroatoms. The number of nitrogens with one attached hydrogen (secondary N) is 1. The molecular weight excluding hydrogens is 294 g/mol. The lowest BCUT2D eigenvalue weighted by Crippen LogP contribution is -2.51. The van der Waals surface area contributed by atoms with Crippen molar-refractivity contribution < 1.29 is 9.53 Å². The Morgan fingerprint density at radius 3 is 2.90 bits per heavy atom. The second-order valence-corrected chi connectivity index (χ2v) is 7.27. The number of carbonyl (C=O) groups is 1. The van der Waals surface area contributed by atoms with Crippen LogP contribution in [0.4, 0.5) is 0 Å². The summed E-state index contributed by atoms with van der Waals surface area (Å²) in [5.41, 5.74) is -0.593. The number of aromatic nitrogens is 2. The number of aryl methyl sites for hydroxylation is 1. The number of nitrogens with zero attached hydrogens (tertiary/aromatic N) is 2. The lowest BCUT2D eigenvalue weighted by molar-refractivity contribution is -0.150. The standard InChI is InChI=1S/C13H21N3O2S2/c1-4-18-11(17)13(3,15-10-5-6-10)7-8-19-12-14-9(2)16-20-12/h10,15H,4-8H2,1-3H3. The summed E-state index contributed by atoms with van der Waals surface area (Å²) in [5.74, 6) is 1.48. The molecule has 1 atom stereocenters. The molecule has 1 aromatic rings. The molecule has 1 N–H and O–H groups in total. The normalized spacial score (nSPS) is 17.8. The zero-order valence-electron chi connectivity index (χ0n) is 12.1. The van der Waals surface area contributed by atoms with Crippen LogP contribution in [-0.2, 0) is 9.53 Å². The first-order valence-electron chi connectivity index (χ1n) is 6.91. The minimum absolute atomic E-state index is 0.152. The van der Waals surface area contributed by atoms with Gasteiger partial charge in [0.1, 0.15) is 11.4 Å². The topological polar surface area (TPSA) is 64.1 Å². The fourth-order valence-electron chi connectivity index (χ4n) is 1.88. The maximum absolute atomic E-state index is 12.2. The molecule has 0 spiro atoms. The van der Waals surface area contributed by atoms with Gasteiger partial charge in [-0.2, -0.15) is 4.37 Å². The quantitative estimate of drug-likeness (QED) is 0.587. The Hall–Kier alpha value is -0.660. The van der Waals surface area contributed by atoms with E-state index >= 15 is 0 Å². The van der Waals surface area contributed by atoms with Gasteiger partial charge in [0, 0.05) is 11.8 Å². The summed E-state index contributed by atoms with van der Waals surface area (Å²) in [5, 5.41) is 3.42. The predicted octanol–water partition coefficient (Wildman–Crippen LogP) is 2.40. The molecule has 20 heavy (non-hydrogen) atoms. The first-order valence-corrected chi connectivity index (χ1v) is 8.67. The second-order valence-electron chi connectivity index (χ2n) is 5.18. The monoisotopic (exact) mass is 315 g/mol. The summed E-state index contributed by atoms with van der Waals surface area (Å²) in [6.07, 6.45) is 3.03. The average Bonchev–Trinajstić information content (AvgIpc) is 3.10. The molecular formula is C13H21N3O2S2. The molecule has 0 bridgehead atoms. The van der Waals surface area contributed by atoms with Crippen molar-refractivity contribution in [2.75, 3.05) is 12.4 Å². The smallest absolute Gasteiger partial charge is 0.326 e.